The molecule has 1 aromatic heterocycles. The highest BCUT2D eigenvalue weighted by Gasteiger charge is 2.24. The lowest BCUT2D eigenvalue weighted by Gasteiger charge is -2.19. The van der Waals surface area contributed by atoms with Gasteiger partial charge in [-0.15, -0.1) is 5.10 Å². The van der Waals surface area contributed by atoms with E-state index in [9.17, 15) is 19.7 Å². The van der Waals surface area contributed by atoms with E-state index in [1.54, 1.807) is 24.3 Å². The van der Waals surface area contributed by atoms with Gasteiger partial charge in [-0.2, -0.15) is 0 Å². The standard InChI is InChI=1S/C21H21ClN6O4S/c1-12(2)18(24-20(30)13-4-3-5-16(10-13)28(31)32)19-25-21(27-26-19)33-11-17(29)23-15-8-6-14(22)7-9-15/h3-10,12,18H,11H2,1-2H3,(H,23,29)(H,24,30)(H,25,26,27)/t18-/m1/s1. The zero-order chi connectivity index (χ0) is 24.0. The predicted octanol–water partition coefficient (Wildman–Crippen LogP) is 4.22. The fourth-order valence-electron chi connectivity index (χ4n) is 2.86. The van der Waals surface area contributed by atoms with Crippen molar-refractivity contribution in [2.75, 3.05) is 11.1 Å². The van der Waals surface area contributed by atoms with Gasteiger partial charge in [0.2, 0.25) is 11.1 Å². The van der Waals surface area contributed by atoms with Crippen LogP contribution in [0.4, 0.5) is 11.4 Å². The van der Waals surface area contributed by atoms with Crippen molar-refractivity contribution < 1.29 is 14.5 Å². The van der Waals surface area contributed by atoms with Gasteiger partial charge >= 0.3 is 0 Å². The summed E-state index contributed by atoms with van der Waals surface area (Å²) in [4.78, 5) is 39.6. The number of hydrogen-bond acceptors (Lipinski definition) is 7. The number of nitro benzene ring substituents is 1. The lowest BCUT2D eigenvalue weighted by molar-refractivity contribution is -0.384. The molecule has 0 radical (unpaired) electrons. The van der Waals surface area contributed by atoms with Gasteiger partial charge in [-0.05, 0) is 36.2 Å². The largest absolute Gasteiger partial charge is 0.342 e. The summed E-state index contributed by atoms with van der Waals surface area (Å²) >= 11 is 6.98. The average molecular weight is 489 g/mol. The Labute approximate surface area is 198 Å². The smallest absolute Gasteiger partial charge is 0.270 e. The van der Waals surface area contributed by atoms with Crippen molar-refractivity contribution in [3.05, 3.63) is 75.1 Å². The Hall–Kier alpha value is -3.44. The molecule has 0 spiro atoms. The normalized spacial score (nSPS) is 11.8. The zero-order valence-corrected chi connectivity index (χ0v) is 19.3. The molecule has 3 aromatic rings. The molecule has 172 valence electrons. The molecule has 33 heavy (non-hydrogen) atoms. The number of nitrogens with zero attached hydrogens (tertiary/aromatic N) is 3. The first-order valence-corrected chi connectivity index (χ1v) is 11.2. The number of hydrogen-bond donors (Lipinski definition) is 3. The highest BCUT2D eigenvalue weighted by Crippen LogP contribution is 2.23. The van der Waals surface area contributed by atoms with E-state index in [-0.39, 0.29) is 28.8 Å². The van der Waals surface area contributed by atoms with Crippen molar-refractivity contribution in [3.8, 4) is 0 Å². The van der Waals surface area contributed by atoms with Gasteiger partial charge in [-0.25, -0.2) is 4.98 Å². The number of rotatable bonds is 9. The zero-order valence-electron chi connectivity index (χ0n) is 17.7. The van der Waals surface area contributed by atoms with Crippen LogP contribution >= 0.6 is 23.4 Å². The van der Waals surface area contributed by atoms with Crippen LogP contribution in [0.25, 0.3) is 0 Å². The Morgan fingerprint density at radius 3 is 2.61 bits per heavy atom. The summed E-state index contributed by atoms with van der Waals surface area (Å²) in [6.45, 7) is 3.79. The second-order valence-corrected chi connectivity index (χ2v) is 8.73. The Morgan fingerprint density at radius 1 is 1.21 bits per heavy atom. The van der Waals surface area contributed by atoms with Crippen molar-refractivity contribution in [3.63, 3.8) is 0 Å². The number of thioether (sulfide) groups is 1. The predicted molar refractivity (Wildman–Crippen MR) is 125 cm³/mol. The molecule has 10 nitrogen and oxygen atoms in total. The van der Waals surface area contributed by atoms with Gasteiger partial charge in [0.05, 0.1) is 16.7 Å². The number of halogens is 1. The van der Waals surface area contributed by atoms with Crippen LogP contribution in [0.3, 0.4) is 0 Å². The molecule has 3 N–H and O–H groups in total. The number of anilines is 1. The van der Waals surface area contributed by atoms with Crippen LogP contribution in [0.1, 0.15) is 36.1 Å². The Kier molecular flexibility index (Phi) is 8.01. The van der Waals surface area contributed by atoms with Gasteiger partial charge in [-0.1, -0.05) is 43.3 Å². The molecule has 1 atom stereocenters. The van der Waals surface area contributed by atoms with E-state index in [1.807, 2.05) is 13.8 Å². The molecule has 0 aliphatic heterocycles. The summed E-state index contributed by atoms with van der Waals surface area (Å²) < 4.78 is 0. The molecule has 0 unspecified atom stereocenters. The number of nitrogens with one attached hydrogen (secondary N) is 3. The third kappa shape index (κ3) is 6.77. The summed E-state index contributed by atoms with van der Waals surface area (Å²) in [6, 6.07) is 11.7. The van der Waals surface area contributed by atoms with Crippen LogP contribution in [-0.4, -0.2) is 37.7 Å². The minimum absolute atomic E-state index is 0.0494. The first-order valence-electron chi connectivity index (χ1n) is 9.88. The maximum Gasteiger partial charge on any atom is 0.270 e. The molecule has 0 saturated heterocycles. The number of carbonyl (C=O) groups is 2. The molecule has 2 amide bonds. The summed E-state index contributed by atoms with van der Waals surface area (Å²) in [5.74, 6) is -0.235. The van der Waals surface area contributed by atoms with Gasteiger partial charge in [0.15, 0.2) is 0 Å². The average Bonchev–Trinajstić information content (AvgIpc) is 3.26. The number of carbonyl (C=O) groups excluding carboxylic acids is 2. The fraction of sp³-hybridized carbons (Fsp3) is 0.238. The summed E-state index contributed by atoms with van der Waals surface area (Å²) in [5.41, 5.74) is 0.631. The van der Waals surface area contributed by atoms with E-state index in [4.69, 9.17) is 11.6 Å². The van der Waals surface area contributed by atoms with E-state index < -0.39 is 16.9 Å². The van der Waals surface area contributed by atoms with Crippen molar-refractivity contribution in [2.24, 2.45) is 5.92 Å². The van der Waals surface area contributed by atoms with Crippen molar-refractivity contribution in [2.45, 2.75) is 25.0 Å². The summed E-state index contributed by atoms with van der Waals surface area (Å²) in [5, 5.41) is 24.4. The molecule has 0 fully saturated rings. The molecule has 0 aliphatic carbocycles. The molecule has 3 rings (SSSR count). The van der Waals surface area contributed by atoms with E-state index in [1.165, 1.54) is 24.3 Å². The van der Waals surface area contributed by atoms with Crippen molar-refractivity contribution in [1.29, 1.82) is 0 Å². The van der Waals surface area contributed by atoms with Crippen LogP contribution in [0.15, 0.2) is 53.7 Å². The van der Waals surface area contributed by atoms with Crippen LogP contribution < -0.4 is 10.6 Å². The first kappa shape index (κ1) is 24.2. The Bertz CT molecular complexity index is 1150. The molecule has 1 heterocycles. The van der Waals surface area contributed by atoms with E-state index in [2.05, 4.69) is 25.8 Å². The summed E-state index contributed by atoms with van der Waals surface area (Å²) in [7, 11) is 0. The van der Waals surface area contributed by atoms with Gasteiger partial charge in [0.1, 0.15) is 5.82 Å². The quantitative estimate of drug-likeness (QED) is 0.232. The number of amides is 2. The van der Waals surface area contributed by atoms with Gasteiger partial charge in [0, 0.05) is 28.4 Å². The number of H-pyrrole nitrogens is 1. The monoisotopic (exact) mass is 488 g/mol. The first-order chi connectivity index (χ1) is 15.7. The molecule has 0 bridgehead atoms. The lowest BCUT2D eigenvalue weighted by Crippen LogP contribution is -2.32. The van der Waals surface area contributed by atoms with Crippen molar-refractivity contribution in [1.82, 2.24) is 20.5 Å². The molecule has 2 aromatic carbocycles. The Balaban J connectivity index is 1.61. The number of nitro groups is 1. The number of aromatic amines is 1. The molecule has 0 saturated carbocycles. The minimum atomic E-state index is -0.556. The van der Waals surface area contributed by atoms with Crippen molar-refractivity contribution >= 4 is 46.6 Å². The topological polar surface area (TPSA) is 143 Å². The van der Waals surface area contributed by atoms with Crippen LogP contribution in [0.5, 0.6) is 0 Å². The van der Waals surface area contributed by atoms with Crippen LogP contribution in [0, 0.1) is 16.0 Å². The van der Waals surface area contributed by atoms with Crippen LogP contribution in [-0.2, 0) is 4.79 Å². The fourth-order valence-corrected chi connectivity index (χ4v) is 3.59. The molecular formula is C21H21ClN6O4S. The SMILES string of the molecule is CC(C)[C@@H](NC(=O)c1cccc([N+](=O)[O-])c1)c1nc(SCC(=O)Nc2ccc(Cl)cc2)n[nH]1. The van der Waals surface area contributed by atoms with Gasteiger partial charge in [-0.3, -0.25) is 24.8 Å². The highest BCUT2D eigenvalue weighted by atomic mass is 35.5. The van der Waals surface area contributed by atoms with Gasteiger partial charge < -0.3 is 10.6 Å². The second-order valence-electron chi connectivity index (χ2n) is 7.35. The minimum Gasteiger partial charge on any atom is -0.342 e. The molecular weight excluding hydrogens is 468 g/mol. The number of aromatic nitrogens is 3. The lowest BCUT2D eigenvalue weighted by atomic mass is 10.0. The van der Waals surface area contributed by atoms with E-state index >= 15 is 0 Å². The second kappa shape index (κ2) is 10.9. The Morgan fingerprint density at radius 2 is 1.94 bits per heavy atom. The van der Waals surface area contributed by atoms with Crippen LogP contribution in [0.2, 0.25) is 5.02 Å². The third-order valence-electron chi connectivity index (χ3n) is 4.51. The van der Waals surface area contributed by atoms with E-state index in [0.29, 0.717) is 21.7 Å². The third-order valence-corrected chi connectivity index (χ3v) is 5.61. The number of benzene rings is 2. The summed E-state index contributed by atoms with van der Waals surface area (Å²) in [6.07, 6.45) is 0. The van der Waals surface area contributed by atoms with E-state index in [0.717, 1.165) is 11.8 Å². The molecule has 0 aliphatic rings. The maximum atomic E-state index is 12.7. The molecule has 12 heteroatoms. The number of non-ortho nitro benzene ring substituents is 1. The highest BCUT2D eigenvalue weighted by molar-refractivity contribution is 7.99. The van der Waals surface area contributed by atoms with Gasteiger partial charge in [0.25, 0.3) is 11.6 Å². The maximum absolute atomic E-state index is 12.7.